The van der Waals surface area contributed by atoms with Crippen LogP contribution in [0, 0.1) is 76.2 Å². The molecule has 0 saturated carbocycles. The molecule has 0 fully saturated rings. The van der Waals surface area contributed by atoms with Gasteiger partial charge >= 0.3 is 0 Å². The molecule has 17 aromatic rings. The van der Waals surface area contributed by atoms with E-state index in [9.17, 15) is 0 Å². The highest BCUT2D eigenvalue weighted by molar-refractivity contribution is 6.27. The van der Waals surface area contributed by atoms with Crippen molar-refractivity contribution in [1.82, 2.24) is 70.3 Å². The molecule has 18 rings (SSSR count). The van der Waals surface area contributed by atoms with E-state index in [1.165, 1.54) is 49.4 Å². The molecule has 4 N–H and O–H groups in total. The molecule has 109 heavy (non-hydrogen) atoms. The first kappa shape index (κ1) is 71.4. The number of hydrogen-bond acceptors (Lipinski definition) is 18. The second-order valence-corrected chi connectivity index (χ2v) is 27.5. The van der Waals surface area contributed by atoms with Crippen LogP contribution in [0.2, 0.25) is 0 Å². The van der Waals surface area contributed by atoms with Crippen LogP contribution < -0.4 is 18.9 Å². The molecule has 0 radical (unpaired) electrons. The summed E-state index contributed by atoms with van der Waals surface area (Å²) >= 11 is 0. The zero-order chi connectivity index (χ0) is 76.4. The van der Waals surface area contributed by atoms with Gasteiger partial charge in [-0.2, -0.15) is 25.0 Å². The molecule has 0 atom stereocenters. The molecule has 0 spiro atoms. The number of fused-ring (bicyclic) bond motifs is 6. The maximum atomic E-state index is 5.68. The van der Waals surface area contributed by atoms with Gasteiger partial charge in [-0.25, -0.2) is 0 Å². The van der Waals surface area contributed by atoms with Gasteiger partial charge in [-0.15, -0.1) is 0 Å². The number of ether oxygens (including phenoxy) is 4. The Morgan fingerprint density at radius 2 is 0.761 bits per heavy atom. The Kier molecular flexibility index (Phi) is 19.0. The Morgan fingerprint density at radius 3 is 1.11 bits per heavy atom. The standard InChI is InChI=1S/C25H23N3O2.C24H21N3O2.C19H20N4O2.C18H19N5O2/c1-5-29-25-26-21-13-18(23-15(3)28-30-16(23)4)12-20(24(21)27-25)22-14(2)10-11-17-8-6-7-9-19(17)22;1-13-9-10-16-7-5-6-8-18(16)21(13)19-11-17(22-14(2)27-29-15(22)3)12-20-23(19)26-24(25-20)28-4;1-9-8-20-10(2)16(9)14-6-13(17-11(3)23-25-12(17)4)7-15-18(14)22-19(21-15)24-5;1-9-8-19-23(4)17(9)13-6-12(15-10(2)22-25-11(15)3)7-14-16(13)21-18(20-14)24-5/h6-13H,5H2,1-4H3,(H,26,27);5-12H,1-4H3,(H,25,26);6-7H,8H2,1-5H3,(H,21,22);6-8H,1-5H3,(H,20,21). The Morgan fingerprint density at radius 1 is 0.404 bits per heavy atom. The molecule has 23 heteroatoms. The summed E-state index contributed by atoms with van der Waals surface area (Å²) in [5.41, 5.74) is 33.3. The molecular formula is C86H83N15O8. The predicted molar refractivity (Wildman–Crippen MR) is 428 cm³/mol. The Bertz CT molecular complexity index is 6360. The molecule has 550 valence electrons. The first-order valence-electron chi connectivity index (χ1n) is 35.9. The van der Waals surface area contributed by atoms with Crippen molar-refractivity contribution in [3.05, 3.63) is 201 Å². The zero-order valence-corrected chi connectivity index (χ0v) is 64.2. The number of nitrogens with zero attached hydrogens (tertiary/aromatic N) is 11. The van der Waals surface area contributed by atoms with Crippen molar-refractivity contribution in [2.24, 2.45) is 12.0 Å². The summed E-state index contributed by atoms with van der Waals surface area (Å²) in [6, 6.07) is 44.5. The topological polar surface area (TPSA) is 286 Å². The molecule has 0 amide bonds. The smallest absolute Gasteiger partial charge is 0.294 e. The molecule has 8 aromatic carbocycles. The maximum absolute atomic E-state index is 5.68. The van der Waals surface area contributed by atoms with E-state index in [2.05, 4.69) is 197 Å². The number of nitrogens with one attached hydrogen (secondary N) is 4. The minimum atomic E-state index is 0.479. The lowest BCUT2D eigenvalue weighted by Crippen LogP contribution is -1.97. The van der Waals surface area contributed by atoms with E-state index in [1.807, 2.05) is 100 Å². The Balaban J connectivity index is 0.000000116. The fourth-order valence-electron chi connectivity index (χ4n) is 15.3. The average molecular weight is 1450 g/mol. The van der Waals surface area contributed by atoms with Crippen LogP contribution in [-0.2, 0) is 7.05 Å². The molecule has 23 nitrogen and oxygen atoms in total. The molecule has 0 aliphatic carbocycles. The minimum Gasteiger partial charge on any atom is -0.468 e. The van der Waals surface area contributed by atoms with Crippen molar-refractivity contribution in [1.29, 1.82) is 0 Å². The van der Waals surface area contributed by atoms with Crippen LogP contribution >= 0.6 is 0 Å². The molecule has 10 heterocycles. The number of hydrogen-bond donors (Lipinski definition) is 4. The number of aromatic nitrogens is 14. The van der Waals surface area contributed by atoms with E-state index in [-0.39, 0.29) is 0 Å². The van der Waals surface area contributed by atoms with Gasteiger partial charge in [-0.3, -0.25) is 9.67 Å². The van der Waals surface area contributed by atoms with E-state index in [0.29, 0.717) is 30.6 Å². The van der Waals surface area contributed by atoms with Crippen LogP contribution in [0.25, 0.3) is 149 Å². The molecule has 1 aliphatic rings. The molecule has 0 unspecified atom stereocenters. The van der Waals surface area contributed by atoms with Crippen molar-refractivity contribution < 1.29 is 37.0 Å². The fourth-order valence-corrected chi connectivity index (χ4v) is 15.3. The number of rotatable bonds is 13. The number of H-pyrrole nitrogens is 4. The maximum Gasteiger partial charge on any atom is 0.294 e. The second-order valence-electron chi connectivity index (χ2n) is 27.5. The van der Waals surface area contributed by atoms with Crippen molar-refractivity contribution in [2.75, 3.05) is 34.5 Å². The average Bonchev–Trinajstić information content (AvgIpc) is 1.73. The van der Waals surface area contributed by atoms with Gasteiger partial charge in [0.05, 0.1) is 91.2 Å². The van der Waals surface area contributed by atoms with Crippen LogP contribution in [0.3, 0.4) is 0 Å². The fraction of sp³-hybridized carbons (Fsp3) is 0.233. The number of imidazole rings is 4. The van der Waals surface area contributed by atoms with E-state index in [0.717, 1.165) is 186 Å². The van der Waals surface area contributed by atoms with Crippen molar-refractivity contribution >= 4 is 77.0 Å². The largest absolute Gasteiger partial charge is 0.468 e. The summed E-state index contributed by atoms with van der Waals surface area (Å²) in [5.74, 6) is 3.19. The Labute approximate surface area is 627 Å². The highest BCUT2D eigenvalue weighted by Gasteiger charge is 2.27. The van der Waals surface area contributed by atoms with Crippen molar-refractivity contribution in [3.63, 3.8) is 0 Å². The summed E-state index contributed by atoms with van der Waals surface area (Å²) in [7, 11) is 6.76. The highest BCUT2D eigenvalue weighted by atomic mass is 16.5. The second kappa shape index (κ2) is 28.9. The number of methoxy groups -OCH3 is 3. The normalized spacial score (nSPS) is 12.1. The molecule has 0 saturated heterocycles. The van der Waals surface area contributed by atoms with Crippen LogP contribution in [-0.4, -0.2) is 110 Å². The molecule has 9 aromatic heterocycles. The number of benzene rings is 8. The number of aryl methyl sites for hydroxylation is 12. The third-order valence-corrected chi connectivity index (χ3v) is 20.2. The third kappa shape index (κ3) is 13.1. The monoisotopic (exact) mass is 1450 g/mol. The lowest BCUT2D eigenvalue weighted by atomic mass is 9.90. The molecular weight excluding hydrogens is 1370 g/mol. The van der Waals surface area contributed by atoms with Gasteiger partial charge in [0.25, 0.3) is 24.0 Å². The van der Waals surface area contributed by atoms with Gasteiger partial charge in [0.2, 0.25) is 0 Å². The van der Waals surface area contributed by atoms with Crippen LogP contribution in [0.4, 0.5) is 0 Å². The van der Waals surface area contributed by atoms with E-state index in [4.69, 9.17) is 47.0 Å². The van der Waals surface area contributed by atoms with E-state index >= 15 is 0 Å². The summed E-state index contributed by atoms with van der Waals surface area (Å²) in [6.07, 6.45) is 1.85. The minimum absolute atomic E-state index is 0.479. The van der Waals surface area contributed by atoms with E-state index < -0.39 is 0 Å². The third-order valence-electron chi connectivity index (χ3n) is 20.2. The first-order chi connectivity index (χ1) is 52.6. The van der Waals surface area contributed by atoms with Gasteiger partial charge in [-0.05, 0) is 223 Å². The van der Waals surface area contributed by atoms with Crippen molar-refractivity contribution in [3.8, 4) is 102 Å². The lowest BCUT2D eigenvalue weighted by Gasteiger charge is -2.13. The lowest BCUT2D eigenvalue weighted by molar-refractivity contribution is 0.317. The number of allylic oxidation sites excluding steroid dienone is 1. The van der Waals surface area contributed by atoms with Crippen LogP contribution in [0.5, 0.6) is 24.0 Å². The molecule has 1 aliphatic heterocycles. The zero-order valence-electron chi connectivity index (χ0n) is 64.2. The summed E-state index contributed by atoms with van der Waals surface area (Å²) in [5, 5.41) is 25.6. The summed E-state index contributed by atoms with van der Waals surface area (Å²) in [6.45, 7) is 29.3. The summed E-state index contributed by atoms with van der Waals surface area (Å²) in [4.78, 5) is 36.3. The Hall–Kier alpha value is -13.2. The van der Waals surface area contributed by atoms with Gasteiger partial charge < -0.3 is 57.0 Å². The first-order valence-corrected chi connectivity index (χ1v) is 35.9. The molecule has 0 bridgehead atoms. The predicted octanol–water partition coefficient (Wildman–Crippen LogP) is 20.0. The van der Waals surface area contributed by atoms with Gasteiger partial charge in [0, 0.05) is 62.8 Å². The quantitative estimate of drug-likeness (QED) is 0.0834. The number of aromatic amines is 4. The summed E-state index contributed by atoms with van der Waals surface area (Å²) < 4.78 is 45.1. The van der Waals surface area contributed by atoms with Gasteiger partial charge in [0.1, 0.15) is 45.1 Å². The van der Waals surface area contributed by atoms with Crippen LogP contribution in [0.1, 0.15) is 88.8 Å². The van der Waals surface area contributed by atoms with Crippen LogP contribution in [0.15, 0.2) is 156 Å². The highest BCUT2D eigenvalue weighted by Crippen LogP contribution is 2.45. The van der Waals surface area contributed by atoms with Gasteiger partial charge in [0.15, 0.2) is 0 Å². The SMILES string of the molecule is CCOc1nc2c(-c3c(C)ccc4ccccc34)cc(-c3c(C)noc3C)cc2[nH]1.COc1nc2c(-c3c(C)ccc4ccccc34)cc(-c3c(C)noc3C)cc2[nH]1.COc1nc2c(-c3c(C)cnn3C)cc(-c3c(C)noc3C)cc2[nH]1.COc1nc2c(C3=C(C)CN=C3C)cc(-c3c(C)noc3C)cc2[nH]1. The van der Waals surface area contributed by atoms with E-state index in [1.54, 1.807) is 21.3 Å². The van der Waals surface area contributed by atoms with Gasteiger partial charge in [-0.1, -0.05) is 93.4 Å². The number of aliphatic imine (C=N–C) groups is 1. The van der Waals surface area contributed by atoms with Crippen molar-refractivity contribution in [2.45, 2.75) is 96.9 Å².